The van der Waals surface area contributed by atoms with Crippen molar-refractivity contribution < 1.29 is 28.5 Å². The number of nitrogens with one attached hydrogen (secondary N) is 1. The van der Waals surface area contributed by atoms with Crippen LogP contribution in [0.15, 0.2) is 91.0 Å². The van der Waals surface area contributed by atoms with Crippen LogP contribution in [0.2, 0.25) is 0 Å². The first-order valence-corrected chi connectivity index (χ1v) is 12.5. The van der Waals surface area contributed by atoms with Crippen molar-refractivity contribution in [3.05, 3.63) is 108 Å². The van der Waals surface area contributed by atoms with E-state index >= 15 is 0 Å². The third-order valence-corrected chi connectivity index (χ3v) is 6.22. The van der Waals surface area contributed by atoms with Crippen LogP contribution in [-0.2, 0) is 48.3 Å². The largest absolute Gasteiger partial charge is 0.374 e. The smallest absolute Gasteiger partial charge is 0.217 e. The molecule has 0 aromatic heterocycles. The number of hydrogen-bond donors (Lipinski definition) is 1. The highest BCUT2D eigenvalue weighted by atomic mass is 16.7. The van der Waals surface area contributed by atoms with Crippen LogP contribution >= 0.6 is 0 Å². The molecule has 1 saturated heterocycles. The standard InChI is InChI=1S/C30H35NO6/c1-22(32)31-27-28(35-19-24-14-8-4-9-15-24)26(21-34-18-23-12-6-3-7-13-23)37-30(33-2)29(27)36-20-25-16-10-5-11-17-25/h3-17,26-30H,18-21H2,1-2H3,(H,31,32)/t26-,27-,28+,29-,30+/m1/s1. The predicted molar refractivity (Wildman–Crippen MR) is 139 cm³/mol. The van der Waals surface area contributed by atoms with E-state index in [0.29, 0.717) is 19.8 Å². The van der Waals surface area contributed by atoms with E-state index in [-0.39, 0.29) is 12.5 Å². The molecule has 196 valence electrons. The van der Waals surface area contributed by atoms with Crippen LogP contribution in [0, 0.1) is 0 Å². The Morgan fingerprint density at radius 2 is 1.24 bits per heavy atom. The minimum atomic E-state index is -0.720. The summed E-state index contributed by atoms with van der Waals surface area (Å²) in [5.41, 5.74) is 3.09. The summed E-state index contributed by atoms with van der Waals surface area (Å²) in [6.07, 6.45) is -2.35. The molecule has 1 aliphatic heterocycles. The average Bonchev–Trinajstić information content (AvgIpc) is 2.93. The lowest BCUT2D eigenvalue weighted by atomic mass is 9.95. The van der Waals surface area contributed by atoms with Gasteiger partial charge in [-0.1, -0.05) is 91.0 Å². The van der Waals surface area contributed by atoms with Gasteiger partial charge in [0.2, 0.25) is 5.91 Å². The van der Waals surface area contributed by atoms with Crippen molar-refractivity contribution in [2.75, 3.05) is 13.7 Å². The SMILES string of the molecule is CO[C@H]1O[C@H](COCc2ccccc2)[C@H](OCc2ccccc2)[C@@H](NC(C)=O)[C@H]1OCc1ccccc1. The molecule has 3 aromatic carbocycles. The molecule has 1 aliphatic rings. The van der Waals surface area contributed by atoms with E-state index in [1.54, 1.807) is 7.11 Å². The third kappa shape index (κ3) is 7.95. The summed E-state index contributed by atoms with van der Waals surface area (Å²) in [5, 5.41) is 3.05. The van der Waals surface area contributed by atoms with Crippen LogP contribution in [0.3, 0.4) is 0 Å². The van der Waals surface area contributed by atoms with Crippen LogP contribution in [0.1, 0.15) is 23.6 Å². The van der Waals surface area contributed by atoms with Gasteiger partial charge in [-0.2, -0.15) is 0 Å². The number of benzene rings is 3. The van der Waals surface area contributed by atoms with Crippen LogP contribution in [-0.4, -0.2) is 50.3 Å². The van der Waals surface area contributed by atoms with Gasteiger partial charge in [0, 0.05) is 14.0 Å². The van der Waals surface area contributed by atoms with E-state index in [1.165, 1.54) is 6.92 Å². The highest BCUT2D eigenvalue weighted by molar-refractivity contribution is 5.73. The molecule has 0 radical (unpaired) electrons. The summed E-state index contributed by atoms with van der Waals surface area (Å²) >= 11 is 0. The van der Waals surface area contributed by atoms with E-state index < -0.39 is 30.6 Å². The fourth-order valence-electron chi connectivity index (χ4n) is 4.43. The maximum atomic E-state index is 12.3. The second kappa shape index (κ2) is 14.0. The molecule has 0 unspecified atom stereocenters. The molecule has 0 bridgehead atoms. The Hall–Kier alpha value is -3.07. The second-order valence-electron chi connectivity index (χ2n) is 9.03. The van der Waals surface area contributed by atoms with E-state index in [4.69, 9.17) is 23.7 Å². The summed E-state index contributed by atoms with van der Waals surface area (Å²) in [7, 11) is 1.57. The van der Waals surface area contributed by atoms with Crippen molar-refractivity contribution in [2.45, 2.75) is 57.4 Å². The molecule has 3 aromatic rings. The van der Waals surface area contributed by atoms with Gasteiger partial charge in [-0.05, 0) is 16.7 Å². The van der Waals surface area contributed by atoms with Crippen molar-refractivity contribution in [1.82, 2.24) is 5.32 Å². The van der Waals surface area contributed by atoms with E-state index in [1.807, 2.05) is 91.0 Å². The molecule has 37 heavy (non-hydrogen) atoms. The first-order valence-electron chi connectivity index (χ1n) is 12.5. The van der Waals surface area contributed by atoms with Gasteiger partial charge in [0.1, 0.15) is 18.3 Å². The molecule has 1 amide bonds. The van der Waals surface area contributed by atoms with Gasteiger partial charge in [0.15, 0.2) is 6.29 Å². The summed E-state index contributed by atoms with van der Waals surface area (Å²) in [5.74, 6) is -0.188. The first kappa shape index (κ1) is 27.0. The predicted octanol–water partition coefficient (Wildman–Crippen LogP) is 4.25. The Balaban J connectivity index is 1.54. The van der Waals surface area contributed by atoms with Gasteiger partial charge in [0.05, 0.1) is 32.5 Å². The third-order valence-electron chi connectivity index (χ3n) is 6.22. The normalized spacial score (nSPS) is 23.5. The Morgan fingerprint density at radius 3 is 1.73 bits per heavy atom. The van der Waals surface area contributed by atoms with Crippen LogP contribution < -0.4 is 5.32 Å². The molecule has 0 aliphatic carbocycles. The number of hydrogen-bond acceptors (Lipinski definition) is 6. The molecular weight excluding hydrogens is 470 g/mol. The maximum absolute atomic E-state index is 12.3. The molecule has 1 heterocycles. The Bertz CT molecular complexity index is 1070. The Morgan fingerprint density at radius 1 is 0.757 bits per heavy atom. The number of ether oxygens (including phenoxy) is 5. The van der Waals surface area contributed by atoms with Gasteiger partial charge in [-0.15, -0.1) is 0 Å². The molecule has 0 saturated carbocycles. The van der Waals surface area contributed by atoms with E-state index in [2.05, 4.69) is 5.32 Å². The lowest BCUT2D eigenvalue weighted by molar-refractivity contribution is -0.292. The molecule has 1 fully saturated rings. The van der Waals surface area contributed by atoms with Crippen molar-refractivity contribution in [3.8, 4) is 0 Å². The van der Waals surface area contributed by atoms with Crippen molar-refractivity contribution in [1.29, 1.82) is 0 Å². The Kier molecular flexibility index (Phi) is 10.2. The topological polar surface area (TPSA) is 75.3 Å². The number of carbonyl (C=O) groups excluding carboxylic acids is 1. The maximum Gasteiger partial charge on any atom is 0.217 e. The van der Waals surface area contributed by atoms with Gasteiger partial charge in [0.25, 0.3) is 0 Å². The fourth-order valence-corrected chi connectivity index (χ4v) is 4.43. The number of carbonyl (C=O) groups is 1. The number of methoxy groups -OCH3 is 1. The molecule has 4 rings (SSSR count). The van der Waals surface area contributed by atoms with E-state index in [9.17, 15) is 4.79 Å². The average molecular weight is 506 g/mol. The van der Waals surface area contributed by atoms with Gasteiger partial charge < -0.3 is 29.0 Å². The van der Waals surface area contributed by atoms with Gasteiger partial charge in [-0.25, -0.2) is 0 Å². The van der Waals surface area contributed by atoms with Crippen molar-refractivity contribution in [3.63, 3.8) is 0 Å². The lowest BCUT2D eigenvalue weighted by Crippen LogP contribution is -2.66. The zero-order valence-electron chi connectivity index (χ0n) is 21.3. The molecular formula is C30H35NO6. The summed E-state index contributed by atoms with van der Waals surface area (Å²) in [4.78, 5) is 12.3. The first-order chi connectivity index (χ1) is 18.1. The quantitative estimate of drug-likeness (QED) is 0.397. The molecule has 7 heteroatoms. The van der Waals surface area contributed by atoms with Crippen LogP contribution in [0.5, 0.6) is 0 Å². The molecule has 5 atom stereocenters. The molecule has 0 spiro atoms. The second-order valence-corrected chi connectivity index (χ2v) is 9.03. The lowest BCUT2D eigenvalue weighted by Gasteiger charge is -2.46. The van der Waals surface area contributed by atoms with Crippen LogP contribution in [0.25, 0.3) is 0 Å². The zero-order valence-corrected chi connectivity index (χ0v) is 21.3. The summed E-state index contributed by atoms with van der Waals surface area (Å²) < 4.78 is 30.8. The Labute approximate surface area is 218 Å². The fraction of sp³-hybridized carbons (Fsp3) is 0.367. The van der Waals surface area contributed by atoms with Crippen molar-refractivity contribution >= 4 is 5.91 Å². The summed E-state index contributed by atoms with van der Waals surface area (Å²) in [6.45, 7) is 2.87. The zero-order chi connectivity index (χ0) is 25.9. The minimum Gasteiger partial charge on any atom is -0.374 e. The van der Waals surface area contributed by atoms with Crippen LogP contribution in [0.4, 0.5) is 0 Å². The van der Waals surface area contributed by atoms with Gasteiger partial charge >= 0.3 is 0 Å². The van der Waals surface area contributed by atoms with Gasteiger partial charge in [-0.3, -0.25) is 4.79 Å². The van der Waals surface area contributed by atoms with Crippen molar-refractivity contribution in [2.24, 2.45) is 0 Å². The minimum absolute atomic E-state index is 0.188. The molecule has 1 N–H and O–H groups in total. The van der Waals surface area contributed by atoms with E-state index in [0.717, 1.165) is 16.7 Å². The molecule has 7 nitrogen and oxygen atoms in total. The number of rotatable bonds is 12. The number of amides is 1. The highest BCUT2D eigenvalue weighted by Gasteiger charge is 2.48. The summed E-state index contributed by atoms with van der Waals surface area (Å²) in [6, 6.07) is 29.2. The highest BCUT2D eigenvalue weighted by Crippen LogP contribution is 2.28. The monoisotopic (exact) mass is 505 g/mol.